The number of thiazole rings is 1. The number of aromatic nitrogens is 1. The molecular formula is C22H24ClN3OS2. The Morgan fingerprint density at radius 1 is 1.10 bits per heavy atom. The number of rotatable bonds is 4. The summed E-state index contributed by atoms with van der Waals surface area (Å²) in [6.07, 6.45) is 0. The number of nitrogens with zero attached hydrogens (tertiary/aromatic N) is 3. The number of anilines is 1. The molecule has 0 atom stereocenters. The molecule has 0 N–H and O–H groups in total. The molecule has 0 spiro atoms. The van der Waals surface area contributed by atoms with E-state index in [2.05, 4.69) is 18.7 Å². The SMILES string of the molecule is Cc1c(Cl)ccc2sc(N3CCN(C(=O)c4ccc(SC(C)C)cc4)CC3)nc12. The molecular weight excluding hydrogens is 422 g/mol. The molecule has 29 heavy (non-hydrogen) atoms. The number of fused-ring (bicyclic) bond motifs is 1. The normalized spacial score (nSPS) is 14.8. The topological polar surface area (TPSA) is 36.4 Å². The van der Waals surface area contributed by atoms with Crippen LogP contribution in [0.3, 0.4) is 0 Å². The lowest BCUT2D eigenvalue weighted by molar-refractivity contribution is 0.0746. The molecule has 1 amide bonds. The first-order valence-electron chi connectivity index (χ1n) is 9.79. The Kier molecular flexibility index (Phi) is 6.04. The summed E-state index contributed by atoms with van der Waals surface area (Å²) in [5.41, 5.74) is 2.77. The van der Waals surface area contributed by atoms with E-state index in [4.69, 9.17) is 16.6 Å². The number of carbonyl (C=O) groups is 1. The fourth-order valence-corrected chi connectivity index (χ4v) is 5.52. The van der Waals surface area contributed by atoms with Crippen LogP contribution in [-0.2, 0) is 0 Å². The summed E-state index contributed by atoms with van der Waals surface area (Å²) in [4.78, 5) is 23.1. The van der Waals surface area contributed by atoms with Crippen LogP contribution in [0.4, 0.5) is 5.13 Å². The maximum Gasteiger partial charge on any atom is 0.253 e. The van der Waals surface area contributed by atoms with E-state index >= 15 is 0 Å². The molecule has 7 heteroatoms. The molecule has 1 fully saturated rings. The minimum atomic E-state index is 0.109. The quantitative estimate of drug-likeness (QED) is 0.481. The first-order valence-corrected chi connectivity index (χ1v) is 11.9. The summed E-state index contributed by atoms with van der Waals surface area (Å²) in [7, 11) is 0. The van der Waals surface area contributed by atoms with Gasteiger partial charge in [-0.1, -0.05) is 36.8 Å². The van der Waals surface area contributed by atoms with Gasteiger partial charge in [0, 0.05) is 46.9 Å². The van der Waals surface area contributed by atoms with Gasteiger partial charge in [0.1, 0.15) is 0 Å². The third kappa shape index (κ3) is 4.39. The number of hydrogen-bond acceptors (Lipinski definition) is 5. The molecule has 1 saturated heterocycles. The van der Waals surface area contributed by atoms with Crippen molar-refractivity contribution >= 4 is 56.0 Å². The fourth-order valence-electron chi connectivity index (χ4n) is 3.46. The second-order valence-electron chi connectivity index (χ2n) is 7.49. The number of halogens is 1. The lowest BCUT2D eigenvalue weighted by Gasteiger charge is -2.34. The summed E-state index contributed by atoms with van der Waals surface area (Å²) in [5.74, 6) is 0.109. The van der Waals surface area contributed by atoms with Crippen molar-refractivity contribution in [2.75, 3.05) is 31.1 Å². The molecule has 0 bridgehead atoms. The van der Waals surface area contributed by atoms with Gasteiger partial charge in [-0.05, 0) is 48.9 Å². The minimum Gasteiger partial charge on any atom is -0.345 e. The first-order chi connectivity index (χ1) is 13.9. The molecule has 152 valence electrons. The highest BCUT2D eigenvalue weighted by Crippen LogP contribution is 2.34. The molecule has 4 nitrogen and oxygen atoms in total. The standard InChI is InChI=1S/C22H24ClN3OS2/c1-14(2)28-17-6-4-16(5-7-17)21(27)25-10-12-26(13-11-25)22-24-20-15(3)18(23)8-9-19(20)29-22/h4-9,14H,10-13H2,1-3H3. The van der Waals surface area contributed by atoms with E-state index in [9.17, 15) is 4.79 Å². The van der Waals surface area contributed by atoms with E-state index in [0.717, 1.165) is 44.6 Å². The average molecular weight is 446 g/mol. The third-order valence-corrected chi connectivity index (χ3v) is 7.55. The molecule has 4 rings (SSSR count). The molecule has 1 aromatic heterocycles. The van der Waals surface area contributed by atoms with Crippen molar-refractivity contribution in [1.82, 2.24) is 9.88 Å². The predicted octanol–water partition coefficient (Wildman–Crippen LogP) is 5.72. The van der Waals surface area contributed by atoms with Crippen molar-refractivity contribution in [3.05, 3.63) is 52.5 Å². The zero-order chi connectivity index (χ0) is 20.5. The van der Waals surface area contributed by atoms with Crippen molar-refractivity contribution in [3.63, 3.8) is 0 Å². The van der Waals surface area contributed by atoms with E-state index in [0.29, 0.717) is 18.3 Å². The predicted molar refractivity (Wildman–Crippen MR) is 125 cm³/mol. The van der Waals surface area contributed by atoms with E-state index < -0.39 is 0 Å². The van der Waals surface area contributed by atoms with Crippen molar-refractivity contribution in [2.45, 2.75) is 30.9 Å². The maximum absolute atomic E-state index is 12.9. The largest absolute Gasteiger partial charge is 0.345 e. The van der Waals surface area contributed by atoms with Gasteiger partial charge in [-0.2, -0.15) is 0 Å². The van der Waals surface area contributed by atoms with E-state index in [1.165, 1.54) is 4.90 Å². The Labute approximate surface area is 184 Å². The van der Waals surface area contributed by atoms with Gasteiger partial charge in [-0.15, -0.1) is 11.8 Å². The molecule has 2 aromatic carbocycles. The Hall–Kier alpha value is -1.76. The highest BCUT2D eigenvalue weighted by atomic mass is 35.5. The van der Waals surface area contributed by atoms with E-state index in [-0.39, 0.29) is 5.91 Å². The Morgan fingerprint density at radius 2 is 1.79 bits per heavy atom. The minimum absolute atomic E-state index is 0.109. The van der Waals surface area contributed by atoms with Gasteiger partial charge >= 0.3 is 0 Å². The number of aryl methyl sites for hydroxylation is 1. The highest BCUT2D eigenvalue weighted by Gasteiger charge is 2.24. The number of amides is 1. The van der Waals surface area contributed by atoms with Crippen molar-refractivity contribution in [2.24, 2.45) is 0 Å². The van der Waals surface area contributed by atoms with Crippen molar-refractivity contribution in [1.29, 1.82) is 0 Å². The summed E-state index contributed by atoms with van der Waals surface area (Å²) in [5, 5.41) is 2.29. The molecule has 0 saturated carbocycles. The Balaban J connectivity index is 1.41. The van der Waals surface area contributed by atoms with Crippen LogP contribution in [0.2, 0.25) is 5.02 Å². The van der Waals surface area contributed by atoms with Gasteiger partial charge in [-0.25, -0.2) is 4.98 Å². The molecule has 1 aliphatic heterocycles. The molecule has 0 aliphatic carbocycles. The Morgan fingerprint density at radius 3 is 2.45 bits per heavy atom. The summed E-state index contributed by atoms with van der Waals surface area (Å²) >= 11 is 9.73. The number of benzene rings is 2. The van der Waals surface area contributed by atoms with Gasteiger partial charge in [0.2, 0.25) is 0 Å². The smallest absolute Gasteiger partial charge is 0.253 e. The van der Waals surface area contributed by atoms with Gasteiger partial charge in [0.05, 0.1) is 10.2 Å². The summed E-state index contributed by atoms with van der Waals surface area (Å²) < 4.78 is 1.15. The van der Waals surface area contributed by atoms with Gasteiger partial charge < -0.3 is 9.80 Å². The number of carbonyl (C=O) groups excluding carboxylic acids is 1. The average Bonchev–Trinajstić information content (AvgIpc) is 3.16. The number of piperazine rings is 1. The second kappa shape index (κ2) is 8.54. The molecule has 1 aliphatic rings. The molecule has 3 aromatic rings. The first kappa shape index (κ1) is 20.5. The fraction of sp³-hybridized carbons (Fsp3) is 0.364. The zero-order valence-corrected chi connectivity index (χ0v) is 19.2. The van der Waals surface area contributed by atoms with Gasteiger partial charge in [0.25, 0.3) is 5.91 Å². The monoisotopic (exact) mass is 445 g/mol. The molecule has 2 heterocycles. The van der Waals surface area contributed by atoms with E-state index in [1.807, 2.05) is 60.0 Å². The van der Waals surface area contributed by atoms with Crippen LogP contribution in [0.5, 0.6) is 0 Å². The third-order valence-electron chi connectivity index (χ3n) is 5.05. The molecule has 0 radical (unpaired) electrons. The summed E-state index contributed by atoms with van der Waals surface area (Å²) in [6, 6.07) is 11.9. The number of hydrogen-bond donors (Lipinski definition) is 0. The zero-order valence-electron chi connectivity index (χ0n) is 16.8. The van der Waals surface area contributed by atoms with Crippen LogP contribution in [0.25, 0.3) is 10.2 Å². The number of thioether (sulfide) groups is 1. The summed E-state index contributed by atoms with van der Waals surface area (Å²) in [6.45, 7) is 9.35. The van der Waals surface area contributed by atoms with Crippen LogP contribution in [0.1, 0.15) is 29.8 Å². The lowest BCUT2D eigenvalue weighted by Crippen LogP contribution is -2.48. The lowest BCUT2D eigenvalue weighted by atomic mass is 10.2. The van der Waals surface area contributed by atoms with Crippen LogP contribution < -0.4 is 4.90 Å². The second-order valence-corrected chi connectivity index (χ2v) is 10.6. The van der Waals surface area contributed by atoms with Crippen LogP contribution >= 0.6 is 34.7 Å². The van der Waals surface area contributed by atoms with Crippen LogP contribution in [0, 0.1) is 6.92 Å². The maximum atomic E-state index is 12.9. The highest BCUT2D eigenvalue weighted by molar-refractivity contribution is 7.99. The van der Waals surface area contributed by atoms with Gasteiger partial charge in [0.15, 0.2) is 5.13 Å². The van der Waals surface area contributed by atoms with Crippen LogP contribution in [0.15, 0.2) is 41.3 Å². The van der Waals surface area contributed by atoms with Crippen LogP contribution in [-0.4, -0.2) is 47.2 Å². The Bertz CT molecular complexity index is 1020. The van der Waals surface area contributed by atoms with E-state index in [1.54, 1.807) is 11.3 Å². The van der Waals surface area contributed by atoms with Gasteiger partial charge in [-0.3, -0.25) is 4.79 Å². The molecule has 0 unspecified atom stereocenters. The van der Waals surface area contributed by atoms with Crippen molar-refractivity contribution < 1.29 is 4.79 Å². The van der Waals surface area contributed by atoms with Crippen molar-refractivity contribution in [3.8, 4) is 0 Å².